The monoisotopic (exact) mass is 238 g/mol. The van der Waals surface area contributed by atoms with Gasteiger partial charge in [0.25, 0.3) is 5.56 Å². The summed E-state index contributed by atoms with van der Waals surface area (Å²) in [5.74, 6) is 0. The Balaban J connectivity index is 0.00000128. The van der Waals surface area contributed by atoms with Crippen LogP contribution < -0.4 is 5.56 Å². The Hall–Kier alpha value is -1.35. The van der Waals surface area contributed by atoms with E-state index in [0.717, 1.165) is 29.0 Å². The minimum atomic E-state index is 0. The third-order valence-corrected chi connectivity index (χ3v) is 2.71. The van der Waals surface area contributed by atoms with Crippen molar-refractivity contribution >= 4 is 18.1 Å². The minimum Gasteiger partial charge on any atom is -0.269 e. The van der Waals surface area contributed by atoms with Crippen LogP contribution in [0.4, 0.5) is 0 Å². The fourth-order valence-corrected chi connectivity index (χ4v) is 1.81. The van der Waals surface area contributed by atoms with E-state index in [-0.39, 0.29) is 18.0 Å². The topological polar surface area (TPSA) is 34.4 Å². The summed E-state index contributed by atoms with van der Waals surface area (Å²) in [6, 6.07) is 5.71. The highest BCUT2D eigenvalue weighted by atomic mass is 35.5. The molecule has 0 aliphatic carbocycles. The predicted molar refractivity (Wildman–Crippen MR) is 67.6 cm³/mol. The van der Waals surface area contributed by atoms with Gasteiger partial charge in [0.2, 0.25) is 0 Å². The second-order valence-electron chi connectivity index (χ2n) is 3.70. The molecule has 4 heteroatoms. The summed E-state index contributed by atoms with van der Waals surface area (Å²) in [4.78, 5) is 16.5. The van der Waals surface area contributed by atoms with Crippen LogP contribution in [-0.2, 0) is 6.42 Å². The van der Waals surface area contributed by atoms with Crippen LogP contribution in [-0.4, -0.2) is 9.38 Å². The molecule has 0 atom stereocenters. The van der Waals surface area contributed by atoms with E-state index in [1.54, 1.807) is 4.40 Å². The van der Waals surface area contributed by atoms with E-state index < -0.39 is 0 Å². The molecule has 0 radical (unpaired) electrons. The maximum absolute atomic E-state index is 12.1. The van der Waals surface area contributed by atoms with Crippen LogP contribution in [0.15, 0.2) is 23.0 Å². The highest BCUT2D eigenvalue weighted by molar-refractivity contribution is 5.85. The van der Waals surface area contributed by atoms with Crippen molar-refractivity contribution in [3.05, 3.63) is 45.5 Å². The number of hydrogen-bond acceptors (Lipinski definition) is 2. The highest BCUT2D eigenvalue weighted by Gasteiger charge is 2.07. The Morgan fingerprint density at radius 3 is 2.62 bits per heavy atom. The van der Waals surface area contributed by atoms with Gasteiger partial charge in [0.1, 0.15) is 5.65 Å². The van der Waals surface area contributed by atoms with E-state index in [4.69, 9.17) is 0 Å². The number of halogens is 1. The largest absolute Gasteiger partial charge is 0.269 e. The van der Waals surface area contributed by atoms with Crippen LogP contribution in [0.1, 0.15) is 23.9 Å². The summed E-state index contributed by atoms with van der Waals surface area (Å²) in [5, 5.41) is 0. The lowest BCUT2D eigenvalue weighted by Crippen LogP contribution is -2.21. The van der Waals surface area contributed by atoms with Crippen molar-refractivity contribution < 1.29 is 0 Å². The van der Waals surface area contributed by atoms with E-state index >= 15 is 0 Å². The van der Waals surface area contributed by atoms with E-state index in [0.29, 0.717) is 0 Å². The molecule has 2 rings (SSSR count). The van der Waals surface area contributed by atoms with Crippen LogP contribution in [0.3, 0.4) is 0 Å². The minimum absolute atomic E-state index is 0. The summed E-state index contributed by atoms with van der Waals surface area (Å²) < 4.78 is 1.66. The van der Waals surface area contributed by atoms with E-state index in [1.807, 2.05) is 39.0 Å². The Morgan fingerprint density at radius 2 is 2.00 bits per heavy atom. The predicted octanol–water partition coefficient (Wildman–Crippen LogP) is 2.30. The van der Waals surface area contributed by atoms with Crippen molar-refractivity contribution in [2.24, 2.45) is 0 Å². The molecule has 0 bridgehead atoms. The Kier molecular flexibility index (Phi) is 3.70. The maximum Gasteiger partial charge on any atom is 0.261 e. The van der Waals surface area contributed by atoms with E-state index in [9.17, 15) is 4.79 Å². The molecule has 2 heterocycles. The van der Waals surface area contributed by atoms with Gasteiger partial charge < -0.3 is 0 Å². The van der Waals surface area contributed by atoms with Crippen LogP contribution in [0.5, 0.6) is 0 Å². The average molecular weight is 239 g/mol. The number of rotatable bonds is 1. The lowest BCUT2D eigenvalue weighted by molar-refractivity contribution is 0.912. The fraction of sp³-hybridized carbons (Fsp3) is 0.333. The average Bonchev–Trinajstić information content (AvgIpc) is 2.23. The lowest BCUT2D eigenvalue weighted by atomic mass is 10.2. The van der Waals surface area contributed by atoms with Gasteiger partial charge in [0.15, 0.2) is 0 Å². The maximum atomic E-state index is 12.1. The van der Waals surface area contributed by atoms with Gasteiger partial charge in [-0.15, -0.1) is 12.4 Å². The molecule has 16 heavy (non-hydrogen) atoms. The van der Waals surface area contributed by atoms with Crippen molar-refractivity contribution in [2.45, 2.75) is 27.2 Å². The molecule has 3 nitrogen and oxygen atoms in total. The van der Waals surface area contributed by atoms with Crippen LogP contribution >= 0.6 is 12.4 Å². The molecule has 0 unspecified atom stereocenters. The molecule has 0 aromatic carbocycles. The van der Waals surface area contributed by atoms with Gasteiger partial charge in [-0.3, -0.25) is 9.20 Å². The number of pyridine rings is 1. The van der Waals surface area contributed by atoms with Crippen molar-refractivity contribution in [3.8, 4) is 0 Å². The van der Waals surface area contributed by atoms with Gasteiger partial charge >= 0.3 is 0 Å². The van der Waals surface area contributed by atoms with Gasteiger partial charge in [-0.25, -0.2) is 4.98 Å². The molecule has 0 saturated carbocycles. The molecule has 86 valence electrons. The zero-order chi connectivity index (χ0) is 11.0. The van der Waals surface area contributed by atoms with Gasteiger partial charge in [0, 0.05) is 11.3 Å². The standard InChI is InChI=1S/C12H14N2O.ClH/c1-4-10-9(3)12(15)14-8(2)6-5-7-11(14)13-10;/h5-7H,4H2,1-3H3;1H. The summed E-state index contributed by atoms with van der Waals surface area (Å²) in [6.45, 7) is 5.77. The molecule has 0 spiro atoms. The quantitative estimate of drug-likeness (QED) is 0.764. The van der Waals surface area contributed by atoms with Gasteiger partial charge in [-0.2, -0.15) is 0 Å². The van der Waals surface area contributed by atoms with Gasteiger partial charge in [-0.1, -0.05) is 13.0 Å². The number of nitrogens with zero attached hydrogens (tertiary/aromatic N) is 2. The number of aromatic nitrogens is 2. The molecule has 0 aliphatic rings. The van der Waals surface area contributed by atoms with Gasteiger partial charge in [0.05, 0.1) is 5.69 Å². The number of aryl methyl sites for hydroxylation is 2. The SMILES string of the molecule is CCc1nc2cccc(C)n2c(=O)c1C.Cl. The zero-order valence-corrected chi connectivity index (χ0v) is 10.5. The van der Waals surface area contributed by atoms with Crippen molar-refractivity contribution in [1.29, 1.82) is 0 Å². The first-order valence-electron chi connectivity index (χ1n) is 5.13. The van der Waals surface area contributed by atoms with Crippen molar-refractivity contribution in [3.63, 3.8) is 0 Å². The second kappa shape index (κ2) is 4.66. The lowest BCUT2D eigenvalue weighted by Gasteiger charge is -2.08. The number of hydrogen-bond donors (Lipinski definition) is 0. The Bertz CT molecular complexity index is 575. The van der Waals surface area contributed by atoms with Crippen LogP contribution in [0, 0.1) is 13.8 Å². The van der Waals surface area contributed by atoms with E-state index in [1.165, 1.54) is 0 Å². The first-order chi connectivity index (χ1) is 7.15. The summed E-state index contributed by atoms with van der Waals surface area (Å²) in [7, 11) is 0. The molecule has 0 N–H and O–H groups in total. The van der Waals surface area contributed by atoms with Crippen molar-refractivity contribution in [1.82, 2.24) is 9.38 Å². The summed E-state index contributed by atoms with van der Waals surface area (Å²) in [5.41, 5.74) is 3.36. The molecule has 0 saturated heterocycles. The molecule has 0 amide bonds. The summed E-state index contributed by atoms with van der Waals surface area (Å²) >= 11 is 0. The zero-order valence-electron chi connectivity index (χ0n) is 9.65. The molecule has 2 aromatic heterocycles. The first-order valence-corrected chi connectivity index (χ1v) is 5.13. The van der Waals surface area contributed by atoms with Crippen LogP contribution in [0.2, 0.25) is 0 Å². The molecule has 0 fully saturated rings. The first kappa shape index (κ1) is 12.7. The van der Waals surface area contributed by atoms with Crippen molar-refractivity contribution in [2.75, 3.05) is 0 Å². The highest BCUT2D eigenvalue weighted by Crippen LogP contribution is 2.06. The normalized spacial score (nSPS) is 10.2. The smallest absolute Gasteiger partial charge is 0.261 e. The second-order valence-corrected chi connectivity index (χ2v) is 3.70. The number of fused-ring (bicyclic) bond motifs is 1. The molecule has 0 aliphatic heterocycles. The van der Waals surface area contributed by atoms with E-state index in [2.05, 4.69) is 4.98 Å². The van der Waals surface area contributed by atoms with Gasteiger partial charge in [-0.05, 0) is 32.4 Å². The summed E-state index contributed by atoms with van der Waals surface area (Å²) in [6.07, 6.45) is 0.797. The molecular formula is C12H15ClN2O. The molecular weight excluding hydrogens is 224 g/mol. The third-order valence-electron chi connectivity index (χ3n) is 2.71. The Labute approximate surface area is 101 Å². The van der Waals surface area contributed by atoms with Crippen LogP contribution in [0.25, 0.3) is 5.65 Å². The third kappa shape index (κ3) is 1.83. The molecule has 2 aromatic rings. The fourth-order valence-electron chi connectivity index (χ4n) is 1.81. The Morgan fingerprint density at radius 1 is 1.31 bits per heavy atom.